The van der Waals surface area contributed by atoms with Gasteiger partial charge in [0.1, 0.15) is 0 Å². The maximum absolute atomic E-state index is 12.9. The van der Waals surface area contributed by atoms with E-state index in [1.54, 1.807) is 5.32 Å². The molecule has 4 atom stereocenters. The van der Waals surface area contributed by atoms with Crippen molar-refractivity contribution in [1.29, 1.82) is 0 Å². The molecular formula is C8H7Br2F6N. The van der Waals surface area contributed by atoms with Crippen LogP contribution in [0, 0.1) is 5.92 Å². The molecule has 2 bridgehead atoms. The molecule has 2 fully saturated rings. The summed E-state index contributed by atoms with van der Waals surface area (Å²) in [5.41, 5.74) is -3.79. The molecule has 0 aromatic carbocycles. The second kappa shape index (κ2) is 3.75. The van der Waals surface area contributed by atoms with Crippen LogP contribution in [0.25, 0.3) is 0 Å². The molecule has 1 nitrogen and oxygen atoms in total. The Balaban J connectivity index is 2.48. The van der Waals surface area contributed by atoms with Crippen LogP contribution in [0.3, 0.4) is 0 Å². The van der Waals surface area contributed by atoms with E-state index in [1.165, 1.54) is 0 Å². The second-order valence-electron chi connectivity index (χ2n) is 4.28. The predicted molar refractivity (Wildman–Crippen MR) is 55.3 cm³/mol. The largest absolute Gasteiger partial charge is 0.415 e. The van der Waals surface area contributed by atoms with Gasteiger partial charge >= 0.3 is 12.4 Å². The van der Waals surface area contributed by atoms with E-state index in [1.807, 2.05) is 0 Å². The van der Waals surface area contributed by atoms with Crippen LogP contribution < -0.4 is 5.32 Å². The third-order valence-corrected chi connectivity index (χ3v) is 5.59. The van der Waals surface area contributed by atoms with Gasteiger partial charge in [0, 0.05) is 21.6 Å². The Bertz CT molecular complexity index is 313. The van der Waals surface area contributed by atoms with Crippen molar-refractivity contribution in [1.82, 2.24) is 5.32 Å². The molecule has 1 aliphatic carbocycles. The summed E-state index contributed by atoms with van der Waals surface area (Å²) in [6.07, 6.45) is -10.9. The molecule has 1 saturated heterocycles. The molecule has 100 valence electrons. The Labute approximate surface area is 110 Å². The van der Waals surface area contributed by atoms with Crippen LogP contribution in [0.2, 0.25) is 0 Å². The van der Waals surface area contributed by atoms with Gasteiger partial charge in [-0.2, -0.15) is 26.3 Å². The van der Waals surface area contributed by atoms with Crippen molar-refractivity contribution in [3.63, 3.8) is 0 Å². The maximum Gasteiger partial charge on any atom is 0.415 e. The van der Waals surface area contributed by atoms with Crippen LogP contribution in [-0.2, 0) is 0 Å². The van der Waals surface area contributed by atoms with E-state index >= 15 is 0 Å². The Morgan fingerprint density at radius 1 is 1.00 bits per heavy atom. The Kier molecular flexibility index (Phi) is 3.07. The highest BCUT2D eigenvalue weighted by atomic mass is 79.9. The highest BCUT2D eigenvalue weighted by molar-refractivity contribution is 9.10. The molecule has 1 heterocycles. The summed E-state index contributed by atoms with van der Waals surface area (Å²) >= 11 is 6.03. The fourth-order valence-electron chi connectivity index (χ4n) is 2.67. The van der Waals surface area contributed by atoms with Crippen molar-refractivity contribution in [3.05, 3.63) is 0 Å². The average molecular weight is 391 g/mol. The SMILES string of the molecule is FC(F)(F)C1(C(F)(F)F)N[C@@H]2[C@H](Br)[C@@H]1C[C@H]2Br. The number of piperidine rings is 1. The van der Waals surface area contributed by atoms with Crippen LogP contribution in [-0.4, -0.2) is 33.6 Å². The summed E-state index contributed by atoms with van der Waals surface area (Å²) in [6.45, 7) is 0. The van der Waals surface area contributed by atoms with Gasteiger partial charge in [-0.05, 0) is 6.42 Å². The molecule has 0 unspecified atom stereocenters. The normalized spacial score (nSPS) is 40.9. The maximum atomic E-state index is 12.9. The zero-order valence-corrected chi connectivity index (χ0v) is 11.2. The van der Waals surface area contributed by atoms with E-state index < -0.39 is 34.7 Å². The quantitative estimate of drug-likeness (QED) is 0.494. The molecule has 0 amide bonds. The smallest absolute Gasteiger partial charge is 0.291 e. The molecule has 2 aliphatic rings. The Morgan fingerprint density at radius 3 is 1.71 bits per heavy atom. The Hall–Kier alpha value is 0.500. The van der Waals surface area contributed by atoms with E-state index in [-0.39, 0.29) is 11.2 Å². The number of fused-ring (bicyclic) bond motifs is 2. The van der Waals surface area contributed by atoms with E-state index in [4.69, 9.17) is 0 Å². The number of hydrogen-bond donors (Lipinski definition) is 1. The van der Waals surface area contributed by atoms with Crippen LogP contribution in [0.5, 0.6) is 0 Å². The number of hydrogen-bond acceptors (Lipinski definition) is 1. The van der Waals surface area contributed by atoms with Crippen molar-refractivity contribution in [2.45, 2.75) is 40.0 Å². The average Bonchev–Trinajstić information content (AvgIpc) is 2.53. The first kappa shape index (κ1) is 13.9. The predicted octanol–water partition coefficient (Wildman–Crippen LogP) is 3.37. The van der Waals surface area contributed by atoms with Gasteiger partial charge in [-0.1, -0.05) is 31.9 Å². The first-order valence-electron chi connectivity index (χ1n) is 4.71. The van der Waals surface area contributed by atoms with Crippen LogP contribution >= 0.6 is 31.9 Å². The fourth-order valence-corrected chi connectivity index (χ4v) is 5.06. The van der Waals surface area contributed by atoms with Crippen molar-refractivity contribution in [2.75, 3.05) is 0 Å². The van der Waals surface area contributed by atoms with E-state index in [0.717, 1.165) is 0 Å². The van der Waals surface area contributed by atoms with Crippen LogP contribution in [0.4, 0.5) is 26.3 Å². The molecule has 0 spiro atoms. The molecule has 9 heteroatoms. The zero-order valence-electron chi connectivity index (χ0n) is 8.04. The molecule has 1 aliphatic heterocycles. The fraction of sp³-hybridized carbons (Fsp3) is 1.00. The van der Waals surface area contributed by atoms with Gasteiger partial charge in [-0.15, -0.1) is 0 Å². The van der Waals surface area contributed by atoms with E-state index in [9.17, 15) is 26.3 Å². The van der Waals surface area contributed by atoms with Gasteiger partial charge in [-0.3, -0.25) is 5.32 Å². The van der Waals surface area contributed by atoms with Crippen molar-refractivity contribution >= 4 is 31.9 Å². The lowest BCUT2D eigenvalue weighted by molar-refractivity contribution is -0.318. The van der Waals surface area contributed by atoms with E-state index in [0.29, 0.717) is 0 Å². The zero-order chi connectivity index (χ0) is 13.2. The first-order chi connectivity index (χ1) is 7.52. The van der Waals surface area contributed by atoms with Crippen LogP contribution in [0.15, 0.2) is 0 Å². The van der Waals surface area contributed by atoms with Gasteiger partial charge in [0.2, 0.25) is 5.54 Å². The monoisotopic (exact) mass is 389 g/mol. The lowest BCUT2D eigenvalue weighted by Crippen LogP contribution is -2.70. The molecule has 1 N–H and O–H groups in total. The van der Waals surface area contributed by atoms with Gasteiger partial charge in [0.05, 0.1) is 0 Å². The highest BCUT2D eigenvalue weighted by Gasteiger charge is 2.81. The first-order valence-corrected chi connectivity index (χ1v) is 6.55. The molecule has 0 radical (unpaired) electrons. The number of nitrogens with one attached hydrogen (secondary N) is 1. The summed E-state index contributed by atoms with van der Waals surface area (Å²) in [7, 11) is 0. The third-order valence-electron chi connectivity index (χ3n) is 3.44. The number of halogens is 8. The van der Waals surface area contributed by atoms with Crippen LogP contribution in [0.1, 0.15) is 6.42 Å². The van der Waals surface area contributed by atoms with Crippen molar-refractivity contribution in [2.24, 2.45) is 5.92 Å². The highest BCUT2D eigenvalue weighted by Crippen LogP contribution is 2.59. The second-order valence-corrected chi connectivity index (χ2v) is 6.51. The minimum Gasteiger partial charge on any atom is -0.291 e. The number of rotatable bonds is 0. The molecule has 17 heavy (non-hydrogen) atoms. The summed E-state index contributed by atoms with van der Waals surface area (Å²) in [6, 6.07) is -0.872. The summed E-state index contributed by atoms with van der Waals surface area (Å²) in [5, 5.41) is 1.74. The molecule has 0 aromatic heterocycles. The van der Waals surface area contributed by atoms with Gasteiger partial charge in [0.25, 0.3) is 0 Å². The molecule has 2 rings (SSSR count). The van der Waals surface area contributed by atoms with Crippen molar-refractivity contribution < 1.29 is 26.3 Å². The summed E-state index contributed by atoms with van der Waals surface area (Å²) in [5.74, 6) is -1.54. The van der Waals surface area contributed by atoms with Gasteiger partial charge < -0.3 is 0 Å². The number of alkyl halides is 8. The standard InChI is InChI=1S/C8H7Br2F6N/c9-3-1-2-4(10)5(3)17-6(2,7(11,12)13)8(14,15)16/h2-5,17H,1H2/t2-,3+,4+,5-/m0/s1. The van der Waals surface area contributed by atoms with Gasteiger partial charge in [-0.25, -0.2) is 0 Å². The van der Waals surface area contributed by atoms with Crippen molar-refractivity contribution in [3.8, 4) is 0 Å². The lowest BCUT2D eigenvalue weighted by atomic mass is 9.82. The van der Waals surface area contributed by atoms with E-state index in [2.05, 4.69) is 31.9 Å². The minimum atomic E-state index is -5.36. The topological polar surface area (TPSA) is 12.0 Å². The molecular weight excluding hydrogens is 384 g/mol. The summed E-state index contributed by atoms with van der Waals surface area (Å²) < 4.78 is 77.1. The molecule has 1 saturated carbocycles. The third kappa shape index (κ3) is 1.68. The summed E-state index contributed by atoms with van der Waals surface area (Å²) in [4.78, 5) is -1.22. The molecule has 0 aromatic rings. The lowest BCUT2D eigenvalue weighted by Gasteiger charge is -2.41. The minimum absolute atomic E-state index is 0.160. The Morgan fingerprint density at radius 2 is 1.47 bits per heavy atom. The van der Waals surface area contributed by atoms with Gasteiger partial charge in [0.15, 0.2) is 0 Å².